The maximum Gasteiger partial charge on any atom is 0.207 e. The van der Waals surface area contributed by atoms with Crippen LogP contribution in [0, 0.1) is 0 Å². The third kappa shape index (κ3) is 1.64. The van der Waals surface area contributed by atoms with Crippen molar-refractivity contribution in [1.82, 2.24) is 4.98 Å². The van der Waals surface area contributed by atoms with Crippen LogP contribution in [0.5, 0.6) is 0 Å². The van der Waals surface area contributed by atoms with Crippen LogP contribution in [0.15, 0.2) is 24.5 Å². The van der Waals surface area contributed by atoms with Crippen molar-refractivity contribution in [3.05, 3.63) is 30.1 Å². The van der Waals surface area contributed by atoms with Crippen molar-refractivity contribution in [2.75, 3.05) is 19.8 Å². The van der Waals surface area contributed by atoms with Crippen LogP contribution < -0.4 is 5.73 Å². The minimum atomic E-state index is -0.749. The Morgan fingerprint density at radius 2 is 1.93 bits per heavy atom. The summed E-state index contributed by atoms with van der Waals surface area (Å²) < 4.78 is 11.3. The first kappa shape index (κ1) is 9.58. The summed E-state index contributed by atoms with van der Waals surface area (Å²) in [6.07, 6.45) is 4.36. The second kappa shape index (κ2) is 4.04. The molecule has 0 saturated carbocycles. The number of hydrogen-bond donors (Lipinski definition) is 1. The first-order chi connectivity index (χ1) is 6.87. The summed E-state index contributed by atoms with van der Waals surface area (Å²) in [6, 6.07) is 3.75. The van der Waals surface area contributed by atoms with Gasteiger partial charge in [-0.2, -0.15) is 0 Å². The molecular weight excluding hydrogens is 180 g/mol. The zero-order valence-electron chi connectivity index (χ0n) is 7.98. The molecule has 2 heterocycles. The predicted molar refractivity (Wildman–Crippen MR) is 51.5 cm³/mol. The van der Waals surface area contributed by atoms with E-state index in [4.69, 9.17) is 15.2 Å². The molecule has 14 heavy (non-hydrogen) atoms. The molecule has 0 bridgehead atoms. The highest BCUT2D eigenvalue weighted by Crippen LogP contribution is 2.28. The maximum absolute atomic E-state index is 5.70. The molecule has 0 atom stereocenters. The van der Waals surface area contributed by atoms with Crippen molar-refractivity contribution in [1.29, 1.82) is 0 Å². The molecule has 1 saturated heterocycles. The topological polar surface area (TPSA) is 57.4 Å². The molecule has 1 aromatic heterocycles. The monoisotopic (exact) mass is 194 g/mol. The summed E-state index contributed by atoms with van der Waals surface area (Å²) in [7, 11) is 0. The lowest BCUT2D eigenvalue weighted by atomic mass is 10.1. The first-order valence-electron chi connectivity index (χ1n) is 4.76. The molecule has 2 rings (SSSR count). The van der Waals surface area contributed by atoms with E-state index in [1.165, 1.54) is 0 Å². The molecule has 0 spiro atoms. The van der Waals surface area contributed by atoms with Crippen molar-refractivity contribution in [3.8, 4) is 0 Å². The van der Waals surface area contributed by atoms with E-state index in [0.29, 0.717) is 19.8 Å². The van der Waals surface area contributed by atoms with E-state index in [-0.39, 0.29) is 0 Å². The maximum atomic E-state index is 5.70. The van der Waals surface area contributed by atoms with Gasteiger partial charge in [0.2, 0.25) is 5.79 Å². The summed E-state index contributed by atoms with van der Waals surface area (Å²) in [5, 5.41) is 0. The second-order valence-electron chi connectivity index (χ2n) is 3.24. The first-order valence-corrected chi connectivity index (χ1v) is 4.76. The fraction of sp³-hybridized carbons (Fsp3) is 0.500. The third-order valence-electron chi connectivity index (χ3n) is 2.35. The molecule has 4 nitrogen and oxygen atoms in total. The molecule has 1 fully saturated rings. The van der Waals surface area contributed by atoms with Crippen LogP contribution in [0.4, 0.5) is 0 Å². The van der Waals surface area contributed by atoms with E-state index in [2.05, 4.69) is 4.98 Å². The largest absolute Gasteiger partial charge is 0.345 e. The molecule has 76 valence electrons. The Hall–Kier alpha value is -0.970. The van der Waals surface area contributed by atoms with Crippen LogP contribution in [0.1, 0.15) is 12.0 Å². The Bertz CT molecular complexity index is 283. The third-order valence-corrected chi connectivity index (χ3v) is 2.35. The lowest BCUT2D eigenvalue weighted by Gasteiger charge is -2.36. The van der Waals surface area contributed by atoms with Crippen molar-refractivity contribution in [3.63, 3.8) is 0 Å². The zero-order chi connectivity index (χ0) is 9.86. The molecule has 0 amide bonds. The fourth-order valence-electron chi connectivity index (χ4n) is 1.58. The summed E-state index contributed by atoms with van der Waals surface area (Å²) in [5.74, 6) is -0.749. The van der Waals surface area contributed by atoms with Crippen molar-refractivity contribution in [2.45, 2.75) is 12.2 Å². The van der Waals surface area contributed by atoms with Gasteiger partial charge in [0.25, 0.3) is 0 Å². The zero-order valence-corrected chi connectivity index (χ0v) is 7.98. The molecule has 1 aromatic rings. The molecular formula is C10H14N2O2. The minimum absolute atomic E-state index is 0.330. The quantitative estimate of drug-likeness (QED) is 0.750. The van der Waals surface area contributed by atoms with Gasteiger partial charge in [0.05, 0.1) is 19.8 Å². The summed E-state index contributed by atoms with van der Waals surface area (Å²) >= 11 is 0. The Kier molecular flexibility index (Phi) is 2.77. The number of pyridine rings is 1. The standard InChI is InChI=1S/C10H14N2O2/c11-8-10(13-6-1-7-14-10)9-2-4-12-5-3-9/h2-5H,1,6-8,11H2. The molecule has 0 unspecified atom stereocenters. The number of nitrogens with two attached hydrogens (primary N) is 1. The van der Waals surface area contributed by atoms with Gasteiger partial charge in [0.15, 0.2) is 0 Å². The Balaban J connectivity index is 2.27. The van der Waals surface area contributed by atoms with E-state index in [1.54, 1.807) is 12.4 Å². The van der Waals surface area contributed by atoms with E-state index >= 15 is 0 Å². The molecule has 4 heteroatoms. The molecule has 1 aliphatic heterocycles. The highest BCUT2D eigenvalue weighted by atomic mass is 16.7. The lowest BCUT2D eigenvalue weighted by Crippen LogP contribution is -2.44. The molecule has 1 aliphatic rings. The second-order valence-corrected chi connectivity index (χ2v) is 3.24. The van der Waals surface area contributed by atoms with Gasteiger partial charge in [0.1, 0.15) is 0 Å². The molecule has 0 radical (unpaired) electrons. The van der Waals surface area contributed by atoms with E-state index in [9.17, 15) is 0 Å². The van der Waals surface area contributed by atoms with Gasteiger partial charge in [-0.3, -0.25) is 4.98 Å². The fourth-order valence-corrected chi connectivity index (χ4v) is 1.58. The summed E-state index contributed by atoms with van der Waals surface area (Å²) in [4.78, 5) is 3.95. The van der Waals surface area contributed by atoms with Crippen LogP contribution in [-0.2, 0) is 15.3 Å². The van der Waals surface area contributed by atoms with Crippen LogP contribution in [0.2, 0.25) is 0 Å². The summed E-state index contributed by atoms with van der Waals surface area (Å²) in [6.45, 7) is 1.72. The van der Waals surface area contributed by atoms with Gasteiger partial charge in [-0.05, 0) is 18.6 Å². The van der Waals surface area contributed by atoms with E-state index < -0.39 is 5.79 Å². The van der Waals surface area contributed by atoms with Crippen molar-refractivity contribution in [2.24, 2.45) is 5.73 Å². The number of nitrogens with zero attached hydrogens (tertiary/aromatic N) is 1. The van der Waals surface area contributed by atoms with Crippen LogP contribution >= 0.6 is 0 Å². The van der Waals surface area contributed by atoms with Gasteiger partial charge in [0, 0.05) is 18.0 Å². The molecule has 0 aliphatic carbocycles. The predicted octanol–water partition coefficient (Wildman–Crippen LogP) is 0.630. The van der Waals surface area contributed by atoms with Gasteiger partial charge in [-0.25, -0.2) is 0 Å². The van der Waals surface area contributed by atoms with Gasteiger partial charge in [-0.1, -0.05) is 0 Å². The van der Waals surface area contributed by atoms with Gasteiger partial charge < -0.3 is 15.2 Å². The van der Waals surface area contributed by atoms with E-state index in [1.807, 2.05) is 12.1 Å². The van der Waals surface area contributed by atoms with Gasteiger partial charge in [-0.15, -0.1) is 0 Å². The van der Waals surface area contributed by atoms with Crippen LogP contribution in [0.3, 0.4) is 0 Å². The van der Waals surface area contributed by atoms with Crippen molar-refractivity contribution >= 4 is 0 Å². The van der Waals surface area contributed by atoms with Gasteiger partial charge >= 0.3 is 0 Å². The average Bonchev–Trinajstić information content (AvgIpc) is 2.31. The minimum Gasteiger partial charge on any atom is -0.345 e. The van der Waals surface area contributed by atoms with E-state index in [0.717, 1.165) is 12.0 Å². The van der Waals surface area contributed by atoms with Crippen molar-refractivity contribution < 1.29 is 9.47 Å². The van der Waals surface area contributed by atoms with Crippen LogP contribution in [0.25, 0.3) is 0 Å². The summed E-state index contributed by atoms with van der Waals surface area (Å²) in [5.41, 5.74) is 6.64. The Morgan fingerprint density at radius 3 is 2.50 bits per heavy atom. The number of rotatable bonds is 2. The number of aromatic nitrogens is 1. The molecule has 2 N–H and O–H groups in total. The average molecular weight is 194 g/mol. The highest BCUT2D eigenvalue weighted by Gasteiger charge is 2.35. The normalized spacial score (nSPS) is 20.6. The number of ether oxygens (including phenoxy) is 2. The Morgan fingerprint density at radius 1 is 1.29 bits per heavy atom. The Labute approximate surface area is 83.0 Å². The van der Waals surface area contributed by atoms with Crippen LogP contribution in [-0.4, -0.2) is 24.7 Å². The SMILES string of the molecule is NCC1(c2ccncc2)OCCCO1. The smallest absolute Gasteiger partial charge is 0.207 e. The number of hydrogen-bond acceptors (Lipinski definition) is 4. The highest BCUT2D eigenvalue weighted by molar-refractivity contribution is 5.17. The lowest BCUT2D eigenvalue weighted by molar-refractivity contribution is -0.269. The molecule has 0 aromatic carbocycles.